The summed E-state index contributed by atoms with van der Waals surface area (Å²) in [5, 5.41) is 6.34. The third-order valence-corrected chi connectivity index (χ3v) is 3.81. The second-order valence-corrected chi connectivity index (χ2v) is 5.79. The molecule has 0 unspecified atom stereocenters. The number of hydrogen-bond donors (Lipinski definition) is 1. The van der Waals surface area contributed by atoms with Crippen molar-refractivity contribution in [2.45, 2.75) is 6.18 Å². The van der Waals surface area contributed by atoms with Gasteiger partial charge in [-0.15, -0.1) is 5.10 Å². The molecule has 0 saturated heterocycles. The Morgan fingerprint density at radius 1 is 1.12 bits per heavy atom. The Morgan fingerprint density at radius 2 is 1.85 bits per heavy atom. The number of alkyl halides is 3. The van der Waals surface area contributed by atoms with Gasteiger partial charge in [0.05, 0.1) is 21.2 Å². The van der Waals surface area contributed by atoms with Crippen LogP contribution < -0.4 is 5.32 Å². The zero-order valence-corrected chi connectivity index (χ0v) is 14.1. The van der Waals surface area contributed by atoms with Gasteiger partial charge in [0.15, 0.2) is 5.82 Å². The lowest BCUT2D eigenvalue weighted by Crippen LogP contribution is -2.14. The number of rotatable bonds is 3. The quantitative estimate of drug-likeness (QED) is 0.712. The smallest absolute Gasteiger partial charge is 0.289 e. The molecule has 2 heterocycles. The lowest BCUT2D eigenvalue weighted by atomic mass is 10.2. The van der Waals surface area contributed by atoms with Crippen LogP contribution in [0.3, 0.4) is 0 Å². The molecule has 6 nitrogen and oxygen atoms in total. The summed E-state index contributed by atoms with van der Waals surface area (Å²) in [5.41, 5.74) is -0.769. The van der Waals surface area contributed by atoms with Crippen LogP contribution >= 0.6 is 23.2 Å². The van der Waals surface area contributed by atoms with Crippen LogP contribution in [0.4, 0.5) is 19.1 Å². The molecule has 1 aromatic carbocycles. The molecule has 3 rings (SSSR count). The fourth-order valence-electron chi connectivity index (χ4n) is 1.99. The zero-order chi connectivity index (χ0) is 18.9. The maximum absolute atomic E-state index is 12.7. The van der Waals surface area contributed by atoms with Gasteiger partial charge in [-0.3, -0.25) is 10.1 Å². The summed E-state index contributed by atoms with van der Waals surface area (Å²) < 4.78 is 39.0. The number of hydrogen-bond acceptors (Lipinski definition) is 4. The first-order chi connectivity index (χ1) is 12.3. The minimum Gasteiger partial charge on any atom is -0.289 e. The number of benzene rings is 1. The topological polar surface area (TPSA) is 72.7 Å². The molecule has 0 fully saturated rings. The van der Waals surface area contributed by atoms with E-state index in [0.717, 1.165) is 17.1 Å². The third-order valence-electron chi connectivity index (χ3n) is 3.20. The molecule has 0 spiro atoms. The van der Waals surface area contributed by atoms with Crippen molar-refractivity contribution >= 4 is 35.1 Å². The highest BCUT2D eigenvalue weighted by Crippen LogP contribution is 2.31. The molecular weight excluding hydrogens is 394 g/mol. The van der Waals surface area contributed by atoms with Gasteiger partial charge in [-0.1, -0.05) is 35.3 Å². The Morgan fingerprint density at radius 3 is 2.50 bits per heavy atom. The van der Waals surface area contributed by atoms with Gasteiger partial charge in [0.2, 0.25) is 5.95 Å². The van der Waals surface area contributed by atoms with E-state index < -0.39 is 17.6 Å². The number of carbonyl (C=O) groups excluding carboxylic acids is 1. The highest BCUT2D eigenvalue weighted by atomic mass is 35.5. The Kier molecular flexibility index (Phi) is 4.84. The summed E-state index contributed by atoms with van der Waals surface area (Å²) >= 11 is 11.8. The summed E-state index contributed by atoms with van der Waals surface area (Å²) in [7, 11) is 0. The average Bonchev–Trinajstić information content (AvgIpc) is 3.02. The molecule has 0 bridgehead atoms. The molecule has 0 saturated carbocycles. The lowest BCUT2D eigenvalue weighted by Gasteiger charge is -2.08. The normalized spacial score (nSPS) is 11.4. The molecular formula is C15H8Cl2F3N5O. The van der Waals surface area contributed by atoms with E-state index >= 15 is 0 Å². The minimum atomic E-state index is -4.56. The van der Waals surface area contributed by atoms with Crippen LogP contribution in [0, 0.1) is 0 Å². The Balaban J connectivity index is 1.82. The van der Waals surface area contributed by atoms with Crippen LogP contribution in [-0.2, 0) is 6.18 Å². The van der Waals surface area contributed by atoms with Crippen LogP contribution in [0.5, 0.6) is 0 Å². The van der Waals surface area contributed by atoms with E-state index in [0.29, 0.717) is 6.20 Å². The van der Waals surface area contributed by atoms with E-state index in [2.05, 4.69) is 20.4 Å². The van der Waals surface area contributed by atoms with E-state index in [-0.39, 0.29) is 27.4 Å². The zero-order valence-electron chi connectivity index (χ0n) is 12.6. The highest BCUT2D eigenvalue weighted by Gasteiger charge is 2.31. The molecule has 1 N–H and O–H groups in total. The van der Waals surface area contributed by atoms with E-state index in [1.54, 1.807) is 18.2 Å². The molecule has 3 aromatic rings. The van der Waals surface area contributed by atoms with Crippen LogP contribution in [0.2, 0.25) is 10.0 Å². The molecule has 1 amide bonds. The van der Waals surface area contributed by atoms with Gasteiger partial charge in [-0.2, -0.15) is 22.8 Å². The average molecular weight is 402 g/mol. The highest BCUT2D eigenvalue weighted by molar-refractivity contribution is 6.34. The molecule has 11 heteroatoms. The third kappa shape index (κ3) is 3.78. The van der Waals surface area contributed by atoms with Crippen molar-refractivity contribution in [1.82, 2.24) is 19.7 Å². The van der Waals surface area contributed by atoms with E-state index in [1.165, 1.54) is 6.07 Å². The van der Waals surface area contributed by atoms with E-state index in [4.69, 9.17) is 23.2 Å². The van der Waals surface area contributed by atoms with Crippen molar-refractivity contribution in [3.8, 4) is 5.82 Å². The van der Waals surface area contributed by atoms with Gasteiger partial charge < -0.3 is 0 Å². The predicted octanol–water partition coefficient (Wildman–Crippen LogP) is 4.24. The largest absolute Gasteiger partial charge is 0.417 e. The van der Waals surface area contributed by atoms with Gasteiger partial charge >= 0.3 is 6.18 Å². The number of halogens is 5. The second-order valence-electron chi connectivity index (χ2n) is 4.97. The maximum Gasteiger partial charge on any atom is 0.417 e. The van der Waals surface area contributed by atoms with Crippen molar-refractivity contribution < 1.29 is 18.0 Å². The van der Waals surface area contributed by atoms with Crippen LogP contribution in [-0.4, -0.2) is 25.7 Å². The lowest BCUT2D eigenvalue weighted by molar-refractivity contribution is -0.137. The molecule has 0 aliphatic carbocycles. The van der Waals surface area contributed by atoms with Crippen molar-refractivity contribution in [2.75, 3.05) is 5.32 Å². The number of aromatic nitrogens is 4. The van der Waals surface area contributed by atoms with Crippen LogP contribution in [0.1, 0.15) is 15.9 Å². The van der Waals surface area contributed by atoms with Gasteiger partial charge in [-0.25, -0.2) is 4.98 Å². The number of nitrogens with one attached hydrogen (secondary N) is 1. The van der Waals surface area contributed by atoms with Crippen LogP contribution in [0.15, 0.2) is 42.9 Å². The monoisotopic (exact) mass is 401 g/mol. The molecule has 0 aliphatic heterocycles. The number of carbonyl (C=O) groups is 1. The van der Waals surface area contributed by atoms with Gasteiger partial charge in [0.25, 0.3) is 5.91 Å². The predicted molar refractivity (Wildman–Crippen MR) is 88.6 cm³/mol. The van der Waals surface area contributed by atoms with Gasteiger partial charge in [0.1, 0.15) is 6.33 Å². The molecule has 134 valence electrons. The first kappa shape index (κ1) is 18.2. The Bertz CT molecular complexity index is 974. The summed E-state index contributed by atoms with van der Waals surface area (Å²) in [4.78, 5) is 19.7. The standard InChI is InChI=1S/C15H8Cl2F3N5O/c16-10-4-2-1-3-9(10)13(26)23-14-22-7-25(24-14)12-11(17)5-8(6-21-12)15(18,19)20/h1-7H,(H,23,24,26). The summed E-state index contributed by atoms with van der Waals surface area (Å²) in [6.45, 7) is 0. The van der Waals surface area contributed by atoms with Crippen molar-refractivity contribution in [3.05, 3.63) is 64.0 Å². The molecule has 0 radical (unpaired) electrons. The summed E-state index contributed by atoms with van der Waals surface area (Å²) in [5.74, 6) is -0.696. The van der Waals surface area contributed by atoms with Crippen molar-refractivity contribution in [2.24, 2.45) is 0 Å². The second kappa shape index (κ2) is 6.93. The molecule has 0 atom stereocenters. The fraction of sp³-hybridized carbons (Fsp3) is 0.0667. The molecule has 2 aromatic heterocycles. The number of anilines is 1. The summed E-state index contributed by atoms with van der Waals surface area (Å²) in [6.07, 6.45) is -2.78. The number of nitrogens with zero attached hydrogens (tertiary/aromatic N) is 4. The van der Waals surface area contributed by atoms with E-state index in [9.17, 15) is 18.0 Å². The van der Waals surface area contributed by atoms with Crippen molar-refractivity contribution in [1.29, 1.82) is 0 Å². The van der Waals surface area contributed by atoms with Crippen LogP contribution in [0.25, 0.3) is 5.82 Å². The minimum absolute atomic E-state index is 0.0644. The number of amides is 1. The first-order valence-corrected chi connectivity index (χ1v) is 7.72. The van der Waals surface area contributed by atoms with Crippen molar-refractivity contribution in [3.63, 3.8) is 0 Å². The summed E-state index contributed by atoms with van der Waals surface area (Å²) in [6, 6.07) is 7.11. The Hall–Kier alpha value is -2.65. The Labute approximate surface area is 154 Å². The molecule has 0 aliphatic rings. The van der Waals surface area contributed by atoms with Gasteiger partial charge in [-0.05, 0) is 18.2 Å². The maximum atomic E-state index is 12.7. The number of pyridine rings is 1. The SMILES string of the molecule is O=C(Nc1ncn(-c2ncc(C(F)(F)F)cc2Cl)n1)c1ccccc1Cl. The van der Waals surface area contributed by atoms with E-state index in [1.807, 2.05) is 0 Å². The first-order valence-electron chi connectivity index (χ1n) is 6.96. The fourth-order valence-corrected chi connectivity index (χ4v) is 2.47. The molecule has 26 heavy (non-hydrogen) atoms. The van der Waals surface area contributed by atoms with Gasteiger partial charge in [0, 0.05) is 6.20 Å².